The third kappa shape index (κ3) is 5.33. The van der Waals surface area contributed by atoms with E-state index in [2.05, 4.69) is 20.2 Å². The number of carbonyl (C=O) groups excluding carboxylic acids is 1. The zero-order valence-corrected chi connectivity index (χ0v) is 18.1. The van der Waals surface area contributed by atoms with Gasteiger partial charge in [-0.1, -0.05) is 62.8 Å². The van der Waals surface area contributed by atoms with Crippen molar-refractivity contribution in [1.29, 1.82) is 0 Å². The Morgan fingerprint density at radius 1 is 1.22 bits per heavy atom. The molecule has 9 heteroatoms. The molecule has 0 spiro atoms. The van der Waals surface area contributed by atoms with Crippen LogP contribution in [0.4, 0.5) is 5.13 Å². The van der Waals surface area contributed by atoms with E-state index in [9.17, 15) is 13.2 Å². The highest BCUT2D eigenvalue weighted by Gasteiger charge is 2.27. The summed E-state index contributed by atoms with van der Waals surface area (Å²) in [5.41, 5.74) is 2.47. The largest absolute Gasteiger partial charge is 0.300 e. The fraction of sp³-hybridized carbons (Fsp3) is 0.500. The summed E-state index contributed by atoms with van der Waals surface area (Å²) in [6, 6.07) is 5.56. The van der Waals surface area contributed by atoms with E-state index in [1.54, 1.807) is 20.8 Å². The van der Waals surface area contributed by atoms with Crippen molar-refractivity contribution in [3.8, 4) is 0 Å². The molecule has 2 N–H and O–H groups in total. The van der Waals surface area contributed by atoms with Crippen LogP contribution in [0, 0.1) is 19.3 Å². The van der Waals surface area contributed by atoms with Crippen LogP contribution in [0.5, 0.6) is 0 Å². The second-order valence-electron chi connectivity index (χ2n) is 7.52. The third-order valence-corrected chi connectivity index (χ3v) is 6.72. The average Bonchev–Trinajstić information content (AvgIpc) is 3.01. The Labute approximate surface area is 164 Å². The van der Waals surface area contributed by atoms with E-state index in [1.165, 1.54) is 0 Å². The average molecular weight is 411 g/mol. The minimum absolute atomic E-state index is 0.162. The van der Waals surface area contributed by atoms with Crippen LogP contribution in [0.3, 0.4) is 0 Å². The van der Waals surface area contributed by atoms with Crippen LogP contribution in [0.1, 0.15) is 56.8 Å². The summed E-state index contributed by atoms with van der Waals surface area (Å²) in [4.78, 5) is 12.0. The van der Waals surface area contributed by atoms with Crippen LogP contribution in [0.15, 0.2) is 22.5 Å². The Bertz CT molecular complexity index is 930. The first-order chi connectivity index (χ1) is 12.4. The molecule has 0 fully saturated rings. The highest BCUT2D eigenvalue weighted by atomic mass is 32.2. The van der Waals surface area contributed by atoms with E-state index in [1.807, 2.05) is 39.0 Å². The molecule has 7 nitrogen and oxygen atoms in total. The van der Waals surface area contributed by atoms with Crippen LogP contribution < -0.4 is 10.0 Å². The minimum atomic E-state index is -3.85. The van der Waals surface area contributed by atoms with Gasteiger partial charge in [0, 0.05) is 11.5 Å². The van der Waals surface area contributed by atoms with Gasteiger partial charge in [-0.05, 0) is 31.4 Å². The highest BCUT2D eigenvalue weighted by molar-refractivity contribution is 7.91. The SMILES string of the molecule is CC[C@@H](NS(=O)(=O)c1nnc(NC(=O)C(C)(C)C)s1)c1ccc(C)cc1C. The van der Waals surface area contributed by atoms with E-state index in [-0.39, 0.29) is 21.4 Å². The van der Waals surface area contributed by atoms with Gasteiger partial charge in [0.2, 0.25) is 15.4 Å². The lowest BCUT2D eigenvalue weighted by molar-refractivity contribution is -0.123. The fourth-order valence-corrected chi connectivity index (χ4v) is 4.68. The maximum Gasteiger partial charge on any atom is 0.270 e. The van der Waals surface area contributed by atoms with Gasteiger partial charge in [0.1, 0.15) is 0 Å². The van der Waals surface area contributed by atoms with Crippen molar-refractivity contribution in [2.45, 2.75) is 58.3 Å². The number of aromatic nitrogens is 2. The lowest BCUT2D eigenvalue weighted by Gasteiger charge is -2.19. The number of rotatable bonds is 6. The van der Waals surface area contributed by atoms with E-state index < -0.39 is 15.4 Å². The Hall–Kier alpha value is -1.84. The Kier molecular flexibility index (Phi) is 6.39. The zero-order valence-electron chi connectivity index (χ0n) is 16.5. The number of nitrogens with zero attached hydrogens (tertiary/aromatic N) is 2. The van der Waals surface area contributed by atoms with Gasteiger partial charge >= 0.3 is 0 Å². The van der Waals surface area contributed by atoms with Crippen molar-refractivity contribution < 1.29 is 13.2 Å². The van der Waals surface area contributed by atoms with Gasteiger partial charge in [-0.3, -0.25) is 4.79 Å². The molecule has 1 aromatic carbocycles. The summed E-state index contributed by atoms with van der Waals surface area (Å²) in [7, 11) is -3.85. The number of sulfonamides is 1. The molecule has 1 aromatic heterocycles. The van der Waals surface area contributed by atoms with E-state index in [4.69, 9.17) is 0 Å². The molecule has 27 heavy (non-hydrogen) atoms. The van der Waals surface area contributed by atoms with Crippen LogP contribution in [-0.2, 0) is 14.8 Å². The van der Waals surface area contributed by atoms with Crippen LogP contribution in [0.2, 0.25) is 0 Å². The Morgan fingerprint density at radius 2 is 1.89 bits per heavy atom. The van der Waals surface area contributed by atoms with Gasteiger partial charge in [-0.25, -0.2) is 13.1 Å². The molecular formula is C18H26N4O3S2. The molecule has 0 aliphatic heterocycles. The maximum atomic E-state index is 12.7. The summed E-state index contributed by atoms with van der Waals surface area (Å²) in [6.45, 7) is 11.2. The first kappa shape index (κ1) is 21.5. The molecule has 0 saturated heterocycles. The van der Waals surface area contributed by atoms with Crippen molar-refractivity contribution in [3.05, 3.63) is 34.9 Å². The Morgan fingerprint density at radius 3 is 2.44 bits per heavy atom. The number of hydrogen-bond acceptors (Lipinski definition) is 6. The molecule has 0 aliphatic rings. The molecule has 0 bridgehead atoms. The molecule has 1 amide bonds. The highest BCUT2D eigenvalue weighted by Crippen LogP contribution is 2.27. The van der Waals surface area contributed by atoms with Gasteiger partial charge in [0.05, 0.1) is 0 Å². The third-order valence-electron chi connectivity index (χ3n) is 4.04. The normalized spacial score (nSPS) is 13.4. The van der Waals surface area contributed by atoms with Crippen molar-refractivity contribution in [3.63, 3.8) is 0 Å². The van der Waals surface area contributed by atoms with Gasteiger partial charge in [-0.2, -0.15) is 0 Å². The lowest BCUT2D eigenvalue weighted by Crippen LogP contribution is -2.28. The van der Waals surface area contributed by atoms with E-state index in [0.717, 1.165) is 28.0 Å². The van der Waals surface area contributed by atoms with Crippen LogP contribution >= 0.6 is 11.3 Å². The molecule has 0 saturated carbocycles. The first-order valence-corrected chi connectivity index (χ1v) is 11.0. The number of anilines is 1. The van der Waals surface area contributed by atoms with E-state index >= 15 is 0 Å². The number of nitrogens with one attached hydrogen (secondary N) is 2. The molecule has 1 atom stereocenters. The summed E-state index contributed by atoms with van der Waals surface area (Å²) >= 11 is 0.834. The summed E-state index contributed by atoms with van der Waals surface area (Å²) in [6.07, 6.45) is 0.593. The predicted molar refractivity (Wildman–Crippen MR) is 107 cm³/mol. The smallest absolute Gasteiger partial charge is 0.270 e. The molecule has 0 unspecified atom stereocenters. The number of hydrogen-bond donors (Lipinski definition) is 2. The summed E-state index contributed by atoms with van der Waals surface area (Å²) < 4.78 is 28.0. The van der Waals surface area contributed by atoms with Crippen LogP contribution in [0.25, 0.3) is 0 Å². The molecule has 2 rings (SSSR count). The zero-order chi connectivity index (χ0) is 20.4. The monoisotopic (exact) mass is 410 g/mol. The molecular weight excluding hydrogens is 384 g/mol. The van der Waals surface area contributed by atoms with Crippen molar-refractivity contribution in [1.82, 2.24) is 14.9 Å². The second-order valence-corrected chi connectivity index (χ2v) is 10.4. The van der Waals surface area contributed by atoms with Gasteiger partial charge in [0.25, 0.3) is 10.0 Å². The maximum absolute atomic E-state index is 12.7. The van der Waals surface area contributed by atoms with Gasteiger partial charge < -0.3 is 5.32 Å². The molecule has 148 valence electrons. The topological polar surface area (TPSA) is 101 Å². The van der Waals surface area contributed by atoms with Crippen molar-refractivity contribution in [2.75, 3.05) is 5.32 Å². The lowest BCUT2D eigenvalue weighted by atomic mass is 9.96. The number of amides is 1. The first-order valence-electron chi connectivity index (χ1n) is 8.68. The quantitative estimate of drug-likeness (QED) is 0.709. The number of carbonyl (C=O) groups is 1. The number of benzene rings is 1. The van der Waals surface area contributed by atoms with Gasteiger partial charge in [-0.15, -0.1) is 10.2 Å². The molecule has 1 heterocycles. The van der Waals surface area contributed by atoms with Crippen molar-refractivity contribution >= 4 is 32.4 Å². The number of aryl methyl sites for hydroxylation is 2. The summed E-state index contributed by atoms with van der Waals surface area (Å²) in [5, 5.41) is 10.3. The predicted octanol–water partition coefficient (Wildman–Crippen LogP) is 3.57. The standard InChI is InChI=1S/C18H26N4O3S2/c1-7-14(13-9-8-11(2)10-12(13)3)22-27(24,25)17-21-20-16(26-17)19-15(23)18(4,5)6/h8-10,14,22H,7H2,1-6H3,(H,19,20,23)/t14-/m1/s1. The Balaban J connectivity index is 2.21. The van der Waals surface area contributed by atoms with Crippen LogP contribution in [-0.4, -0.2) is 24.5 Å². The van der Waals surface area contributed by atoms with Gasteiger partial charge in [0.15, 0.2) is 0 Å². The molecule has 0 aliphatic carbocycles. The molecule has 0 radical (unpaired) electrons. The van der Waals surface area contributed by atoms with Crippen molar-refractivity contribution in [2.24, 2.45) is 5.41 Å². The fourth-order valence-electron chi connectivity index (χ4n) is 2.47. The van der Waals surface area contributed by atoms with E-state index in [0.29, 0.717) is 6.42 Å². The second kappa shape index (κ2) is 8.04. The molecule has 2 aromatic rings. The minimum Gasteiger partial charge on any atom is -0.300 e. The summed E-state index contributed by atoms with van der Waals surface area (Å²) in [5.74, 6) is -0.253.